The van der Waals surface area contributed by atoms with Crippen LogP contribution in [0.25, 0.3) is 22.3 Å². The summed E-state index contributed by atoms with van der Waals surface area (Å²) in [4.78, 5) is 0. The molecule has 0 heteroatoms. The Morgan fingerprint density at radius 3 is 1.45 bits per heavy atom. The Morgan fingerprint density at radius 1 is 0.452 bits per heavy atom. The van der Waals surface area contributed by atoms with E-state index in [9.17, 15) is 0 Å². The van der Waals surface area contributed by atoms with Gasteiger partial charge in [0.25, 0.3) is 0 Å². The van der Waals surface area contributed by atoms with E-state index in [-0.39, 0.29) is 16.2 Å². The molecule has 3 aromatic carbocycles. The SMILES string of the molecule is Cc1cc(C(C)(C)C)ccc1-c1cccc(-c2cc(C(C)(C)C)cc(C(C)(C)C)c2)c1. The maximum Gasteiger partial charge on any atom is -0.0132 e. The summed E-state index contributed by atoms with van der Waals surface area (Å²) in [5.41, 5.74) is 11.1. The molecule has 0 heterocycles. The lowest BCUT2D eigenvalue weighted by Crippen LogP contribution is -2.16. The van der Waals surface area contributed by atoms with Crippen LogP contribution in [-0.2, 0) is 16.2 Å². The number of hydrogen-bond donors (Lipinski definition) is 0. The van der Waals surface area contributed by atoms with Crippen LogP contribution in [0.4, 0.5) is 0 Å². The third-order valence-electron chi connectivity index (χ3n) is 6.26. The second-order valence-corrected chi connectivity index (χ2v) is 12.2. The zero-order chi connectivity index (χ0) is 23.2. The van der Waals surface area contributed by atoms with Crippen molar-refractivity contribution in [2.45, 2.75) is 85.5 Å². The Bertz CT molecular complexity index is 1040. The van der Waals surface area contributed by atoms with Gasteiger partial charge in [-0.05, 0) is 73.7 Å². The second kappa shape index (κ2) is 7.97. The third-order valence-corrected chi connectivity index (χ3v) is 6.26. The number of benzene rings is 3. The van der Waals surface area contributed by atoms with Crippen LogP contribution in [0, 0.1) is 6.92 Å². The molecule has 0 saturated heterocycles. The van der Waals surface area contributed by atoms with Gasteiger partial charge >= 0.3 is 0 Å². The smallest absolute Gasteiger partial charge is 0.0132 e. The Balaban J connectivity index is 2.12. The van der Waals surface area contributed by atoms with Crippen molar-refractivity contribution in [2.24, 2.45) is 0 Å². The summed E-state index contributed by atoms with van der Waals surface area (Å²) in [6.07, 6.45) is 0. The van der Waals surface area contributed by atoms with Gasteiger partial charge in [-0.25, -0.2) is 0 Å². The van der Waals surface area contributed by atoms with Gasteiger partial charge < -0.3 is 0 Å². The van der Waals surface area contributed by atoms with Crippen LogP contribution in [0.5, 0.6) is 0 Å². The Hall–Kier alpha value is -2.34. The van der Waals surface area contributed by atoms with Crippen molar-refractivity contribution in [3.8, 4) is 22.3 Å². The lowest BCUT2D eigenvalue weighted by molar-refractivity contribution is 0.569. The Labute approximate surface area is 190 Å². The third kappa shape index (κ3) is 5.29. The molecular weight excluding hydrogens is 372 g/mol. The molecular formula is C31H40. The monoisotopic (exact) mass is 412 g/mol. The highest BCUT2D eigenvalue weighted by molar-refractivity contribution is 5.75. The fraction of sp³-hybridized carbons (Fsp3) is 0.419. The van der Waals surface area contributed by atoms with Gasteiger partial charge in [0.05, 0.1) is 0 Å². The highest BCUT2D eigenvalue weighted by Gasteiger charge is 2.21. The molecule has 0 bridgehead atoms. The average Bonchev–Trinajstić information content (AvgIpc) is 2.65. The summed E-state index contributed by atoms with van der Waals surface area (Å²) in [7, 11) is 0. The lowest BCUT2D eigenvalue weighted by Gasteiger charge is -2.26. The van der Waals surface area contributed by atoms with Gasteiger partial charge in [-0.3, -0.25) is 0 Å². The summed E-state index contributed by atoms with van der Waals surface area (Å²) < 4.78 is 0. The minimum Gasteiger partial charge on any atom is -0.0610 e. The molecule has 0 nitrogen and oxygen atoms in total. The van der Waals surface area contributed by atoms with Crippen molar-refractivity contribution in [2.75, 3.05) is 0 Å². The maximum absolute atomic E-state index is 2.39. The zero-order valence-electron chi connectivity index (χ0n) is 21.3. The average molecular weight is 413 g/mol. The molecule has 0 N–H and O–H groups in total. The number of rotatable bonds is 2. The van der Waals surface area contributed by atoms with E-state index in [1.165, 1.54) is 44.5 Å². The molecule has 0 unspecified atom stereocenters. The molecule has 0 saturated carbocycles. The topological polar surface area (TPSA) is 0 Å². The van der Waals surface area contributed by atoms with Crippen LogP contribution in [0.3, 0.4) is 0 Å². The fourth-order valence-corrected chi connectivity index (χ4v) is 3.98. The molecule has 0 spiro atoms. The highest BCUT2D eigenvalue weighted by Crippen LogP contribution is 2.36. The standard InChI is InChI=1S/C31H40/c1-21-16-25(29(2,3)4)14-15-28(21)23-13-11-12-22(17-23)24-18-26(30(5,6)7)20-27(19-24)31(8,9)10/h11-20H,1-10H3. The van der Waals surface area contributed by atoms with Crippen molar-refractivity contribution >= 4 is 0 Å². The minimum atomic E-state index is 0.118. The summed E-state index contributed by atoms with van der Waals surface area (Å²) in [5, 5.41) is 0. The normalized spacial score (nSPS) is 12.8. The summed E-state index contributed by atoms with van der Waals surface area (Å²) >= 11 is 0. The molecule has 0 aliphatic carbocycles. The van der Waals surface area contributed by atoms with E-state index in [1.807, 2.05) is 0 Å². The first-order chi connectivity index (χ1) is 14.2. The minimum absolute atomic E-state index is 0.118. The molecule has 0 amide bonds. The van der Waals surface area contributed by atoms with E-state index < -0.39 is 0 Å². The molecule has 3 aromatic rings. The van der Waals surface area contributed by atoms with E-state index in [4.69, 9.17) is 0 Å². The van der Waals surface area contributed by atoms with E-state index in [1.54, 1.807) is 0 Å². The largest absolute Gasteiger partial charge is 0.0610 e. The van der Waals surface area contributed by atoms with Crippen LogP contribution >= 0.6 is 0 Å². The van der Waals surface area contributed by atoms with E-state index >= 15 is 0 Å². The molecule has 0 fully saturated rings. The predicted molar refractivity (Wildman–Crippen MR) is 138 cm³/mol. The quantitative estimate of drug-likeness (QED) is 0.393. The van der Waals surface area contributed by atoms with Crippen molar-refractivity contribution in [3.63, 3.8) is 0 Å². The molecule has 0 atom stereocenters. The van der Waals surface area contributed by atoms with Gasteiger partial charge in [0.2, 0.25) is 0 Å². The first-order valence-electron chi connectivity index (χ1n) is 11.5. The summed E-state index contributed by atoms with van der Waals surface area (Å²) in [5.74, 6) is 0. The number of hydrogen-bond acceptors (Lipinski definition) is 0. The van der Waals surface area contributed by atoms with Crippen molar-refractivity contribution < 1.29 is 0 Å². The molecule has 0 aliphatic heterocycles. The molecule has 31 heavy (non-hydrogen) atoms. The predicted octanol–water partition coefficient (Wildman–Crippen LogP) is 9.22. The van der Waals surface area contributed by atoms with Gasteiger partial charge in [0.1, 0.15) is 0 Å². The first kappa shape index (κ1) is 23.3. The van der Waals surface area contributed by atoms with Gasteiger partial charge in [-0.2, -0.15) is 0 Å². The van der Waals surface area contributed by atoms with Crippen molar-refractivity contribution in [1.29, 1.82) is 0 Å². The lowest BCUT2D eigenvalue weighted by atomic mass is 9.78. The van der Waals surface area contributed by atoms with Crippen LogP contribution in [0.1, 0.15) is 84.6 Å². The summed E-state index contributed by atoms with van der Waals surface area (Å²) in [6.45, 7) is 22.9. The van der Waals surface area contributed by atoms with Crippen LogP contribution in [-0.4, -0.2) is 0 Å². The number of aryl methyl sites for hydroxylation is 1. The summed E-state index contributed by atoms with van der Waals surface area (Å²) in [6, 6.07) is 23.1. The van der Waals surface area contributed by atoms with E-state index in [0.29, 0.717) is 0 Å². The van der Waals surface area contributed by atoms with Crippen LogP contribution < -0.4 is 0 Å². The van der Waals surface area contributed by atoms with Crippen molar-refractivity contribution in [1.82, 2.24) is 0 Å². The molecule has 3 rings (SSSR count). The maximum atomic E-state index is 2.39. The molecule has 164 valence electrons. The molecule has 0 aromatic heterocycles. The molecule has 0 aliphatic rings. The second-order valence-electron chi connectivity index (χ2n) is 12.2. The van der Waals surface area contributed by atoms with Gasteiger partial charge in [-0.1, -0.05) is 117 Å². The Kier molecular flexibility index (Phi) is 6.00. The highest BCUT2D eigenvalue weighted by atomic mass is 14.3. The van der Waals surface area contributed by atoms with Crippen molar-refractivity contribution in [3.05, 3.63) is 82.9 Å². The van der Waals surface area contributed by atoms with E-state index in [2.05, 4.69) is 130 Å². The fourth-order valence-electron chi connectivity index (χ4n) is 3.98. The van der Waals surface area contributed by atoms with Crippen LogP contribution in [0.15, 0.2) is 60.7 Å². The van der Waals surface area contributed by atoms with Gasteiger partial charge in [-0.15, -0.1) is 0 Å². The van der Waals surface area contributed by atoms with Gasteiger partial charge in [0, 0.05) is 0 Å². The first-order valence-corrected chi connectivity index (χ1v) is 11.5. The molecule has 0 radical (unpaired) electrons. The van der Waals surface area contributed by atoms with Gasteiger partial charge in [0.15, 0.2) is 0 Å². The zero-order valence-corrected chi connectivity index (χ0v) is 21.3. The Morgan fingerprint density at radius 2 is 0.968 bits per heavy atom. The van der Waals surface area contributed by atoms with E-state index in [0.717, 1.165) is 0 Å². The van der Waals surface area contributed by atoms with Crippen LogP contribution in [0.2, 0.25) is 0 Å².